The van der Waals surface area contributed by atoms with E-state index in [9.17, 15) is 9.59 Å². The molecule has 0 bridgehead atoms. The molecule has 9 heteroatoms. The minimum Gasteiger partial charge on any atom is -0.376 e. The van der Waals surface area contributed by atoms with Crippen molar-refractivity contribution in [1.29, 1.82) is 0 Å². The first-order valence-corrected chi connectivity index (χ1v) is 9.37. The van der Waals surface area contributed by atoms with Crippen LogP contribution in [0.5, 0.6) is 0 Å². The van der Waals surface area contributed by atoms with Gasteiger partial charge in [0.15, 0.2) is 5.78 Å². The van der Waals surface area contributed by atoms with Crippen molar-refractivity contribution in [1.82, 2.24) is 20.2 Å². The zero-order valence-electron chi connectivity index (χ0n) is 14.7. The molecule has 2 heterocycles. The molecule has 0 saturated carbocycles. The highest BCUT2D eigenvalue weighted by molar-refractivity contribution is 8.00. The molecular weight excluding hydrogens is 354 g/mol. The van der Waals surface area contributed by atoms with Crippen molar-refractivity contribution in [2.75, 3.05) is 11.9 Å². The number of thioether (sulfide) groups is 1. The van der Waals surface area contributed by atoms with Gasteiger partial charge in [-0.05, 0) is 61.4 Å². The van der Waals surface area contributed by atoms with Gasteiger partial charge in [0, 0.05) is 17.9 Å². The summed E-state index contributed by atoms with van der Waals surface area (Å²) in [5.74, 6) is -0.165. The number of nitrogens with zero attached hydrogens (tertiary/aromatic N) is 4. The third-order valence-corrected chi connectivity index (χ3v) is 5.18. The van der Waals surface area contributed by atoms with E-state index in [0.717, 1.165) is 19.4 Å². The summed E-state index contributed by atoms with van der Waals surface area (Å²) in [6.45, 7) is 4.68. The fourth-order valence-corrected chi connectivity index (χ4v) is 3.42. The quantitative estimate of drug-likeness (QED) is 0.585. The monoisotopic (exact) mass is 375 g/mol. The summed E-state index contributed by atoms with van der Waals surface area (Å²) in [4.78, 5) is 23.7. The number of carbonyl (C=O) groups excluding carboxylic acids is 2. The third-order valence-electron chi connectivity index (χ3n) is 4.11. The molecule has 1 fully saturated rings. The molecule has 1 aromatic heterocycles. The normalized spacial score (nSPS) is 17.8. The largest absolute Gasteiger partial charge is 0.376 e. The number of nitrogens with one attached hydrogen (secondary N) is 1. The Balaban J connectivity index is 1.57. The standard InChI is InChI=1S/C17H21N5O3S/c1-11(23)13-5-7-14(8-6-13)18-16(24)12(2)26-17-19-20-21-22(17)10-15-4-3-9-25-15/h5-8,12,15H,3-4,9-10H2,1-2H3,(H,18,24)/t12-,15+/m0/s1. The zero-order valence-corrected chi connectivity index (χ0v) is 15.5. The molecule has 0 unspecified atom stereocenters. The van der Waals surface area contributed by atoms with Gasteiger partial charge in [-0.25, -0.2) is 4.68 Å². The number of tetrazole rings is 1. The molecule has 1 aliphatic rings. The van der Waals surface area contributed by atoms with Gasteiger partial charge in [0.1, 0.15) is 0 Å². The summed E-state index contributed by atoms with van der Waals surface area (Å²) < 4.78 is 7.30. The summed E-state index contributed by atoms with van der Waals surface area (Å²) in [5.41, 5.74) is 1.25. The van der Waals surface area contributed by atoms with E-state index in [1.807, 2.05) is 0 Å². The SMILES string of the molecule is CC(=O)c1ccc(NC(=O)[C@H](C)Sc2nnnn2C[C@H]2CCCO2)cc1. The lowest BCUT2D eigenvalue weighted by Gasteiger charge is -2.13. The van der Waals surface area contributed by atoms with Crippen LogP contribution in [0.1, 0.15) is 37.0 Å². The molecule has 26 heavy (non-hydrogen) atoms. The van der Waals surface area contributed by atoms with E-state index in [4.69, 9.17) is 4.74 Å². The van der Waals surface area contributed by atoms with E-state index < -0.39 is 0 Å². The van der Waals surface area contributed by atoms with Crippen LogP contribution in [0.4, 0.5) is 5.69 Å². The van der Waals surface area contributed by atoms with Gasteiger partial charge in [-0.1, -0.05) is 11.8 Å². The minimum absolute atomic E-state index is 0.00937. The van der Waals surface area contributed by atoms with Crippen LogP contribution in [0.2, 0.25) is 0 Å². The molecule has 138 valence electrons. The Morgan fingerprint density at radius 2 is 2.15 bits per heavy atom. The number of ketones is 1. The van der Waals surface area contributed by atoms with Crippen molar-refractivity contribution in [3.63, 3.8) is 0 Å². The number of benzene rings is 1. The Morgan fingerprint density at radius 3 is 2.81 bits per heavy atom. The summed E-state index contributed by atoms with van der Waals surface area (Å²) >= 11 is 1.30. The van der Waals surface area contributed by atoms with E-state index >= 15 is 0 Å². The predicted octanol–water partition coefficient (Wildman–Crippen LogP) is 2.17. The second-order valence-corrected chi connectivity index (χ2v) is 7.47. The first-order valence-electron chi connectivity index (χ1n) is 8.49. The molecule has 1 amide bonds. The van der Waals surface area contributed by atoms with Crippen LogP contribution >= 0.6 is 11.8 Å². The zero-order chi connectivity index (χ0) is 18.5. The van der Waals surface area contributed by atoms with Crippen LogP contribution in [0.25, 0.3) is 0 Å². The molecule has 1 aliphatic heterocycles. The van der Waals surface area contributed by atoms with Crippen molar-refractivity contribution in [3.05, 3.63) is 29.8 Å². The van der Waals surface area contributed by atoms with E-state index in [1.54, 1.807) is 35.9 Å². The summed E-state index contributed by atoms with van der Waals surface area (Å²) in [5, 5.41) is 14.8. The van der Waals surface area contributed by atoms with Gasteiger partial charge in [-0.3, -0.25) is 9.59 Å². The molecule has 1 aromatic carbocycles. The molecule has 1 saturated heterocycles. The molecule has 3 rings (SSSR count). The summed E-state index contributed by atoms with van der Waals surface area (Å²) in [7, 11) is 0. The second kappa shape index (κ2) is 8.41. The third kappa shape index (κ3) is 4.67. The Bertz CT molecular complexity index is 771. The number of aromatic nitrogens is 4. The summed E-state index contributed by atoms with van der Waals surface area (Å²) in [6.07, 6.45) is 2.18. The van der Waals surface area contributed by atoms with Crippen molar-refractivity contribution in [3.8, 4) is 0 Å². The first-order chi connectivity index (χ1) is 12.5. The fraction of sp³-hybridized carbons (Fsp3) is 0.471. The smallest absolute Gasteiger partial charge is 0.237 e. The summed E-state index contributed by atoms with van der Waals surface area (Å²) in [6, 6.07) is 6.82. The van der Waals surface area contributed by atoms with E-state index in [2.05, 4.69) is 20.8 Å². The van der Waals surface area contributed by atoms with Gasteiger partial charge in [0.2, 0.25) is 11.1 Å². The maximum Gasteiger partial charge on any atom is 0.237 e. The number of Topliss-reactive ketones (excluding diaryl/α,β-unsaturated/α-hetero) is 1. The molecule has 0 radical (unpaired) electrons. The Morgan fingerprint density at radius 1 is 1.38 bits per heavy atom. The molecule has 8 nitrogen and oxygen atoms in total. The lowest BCUT2D eigenvalue weighted by atomic mass is 10.1. The minimum atomic E-state index is -0.378. The van der Waals surface area contributed by atoms with Crippen molar-refractivity contribution in [2.45, 2.75) is 49.7 Å². The Hall–Kier alpha value is -2.26. The van der Waals surface area contributed by atoms with Crippen molar-refractivity contribution < 1.29 is 14.3 Å². The number of rotatable bonds is 7. The van der Waals surface area contributed by atoms with Crippen LogP contribution in [-0.4, -0.2) is 49.9 Å². The maximum atomic E-state index is 12.4. The van der Waals surface area contributed by atoms with Crippen LogP contribution in [0, 0.1) is 0 Å². The number of ether oxygens (including phenoxy) is 1. The van der Waals surface area contributed by atoms with Crippen LogP contribution < -0.4 is 5.32 Å². The molecule has 1 N–H and O–H groups in total. The highest BCUT2D eigenvalue weighted by Crippen LogP contribution is 2.23. The maximum absolute atomic E-state index is 12.4. The molecule has 0 aliphatic carbocycles. The number of hydrogen-bond donors (Lipinski definition) is 1. The lowest BCUT2D eigenvalue weighted by Crippen LogP contribution is -2.23. The number of carbonyl (C=O) groups is 2. The van der Waals surface area contributed by atoms with Crippen LogP contribution in [0.3, 0.4) is 0 Å². The highest BCUT2D eigenvalue weighted by atomic mass is 32.2. The molecule has 2 aromatic rings. The van der Waals surface area contributed by atoms with Crippen LogP contribution in [-0.2, 0) is 16.1 Å². The average Bonchev–Trinajstić information content (AvgIpc) is 3.28. The second-order valence-electron chi connectivity index (χ2n) is 6.16. The van der Waals surface area contributed by atoms with E-state index in [1.165, 1.54) is 18.7 Å². The lowest BCUT2D eigenvalue weighted by molar-refractivity contribution is -0.115. The number of hydrogen-bond acceptors (Lipinski definition) is 7. The van der Waals surface area contributed by atoms with Crippen molar-refractivity contribution in [2.24, 2.45) is 0 Å². The van der Waals surface area contributed by atoms with Gasteiger partial charge in [-0.15, -0.1) is 5.10 Å². The number of amides is 1. The van der Waals surface area contributed by atoms with Crippen LogP contribution in [0.15, 0.2) is 29.4 Å². The first kappa shape index (κ1) is 18.5. The molecular formula is C17H21N5O3S. The molecule has 0 spiro atoms. The highest BCUT2D eigenvalue weighted by Gasteiger charge is 2.22. The number of anilines is 1. The van der Waals surface area contributed by atoms with Crippen molar-refractivity contribution >= 4 is 29.1 Å². The van der Waals surface area contributed by atoms with Gasteiger partial charge in [0.05, 0.1) is 17.9 Å². The average molecular weight is 375 g/mol. The van der Waals surface area contributed by atoms with Gasteiger partial charge < -0.3 is 10.1 Å². The fourth-order valence-electron chi connectivity index (χ4n) is 2.62. The topological polar surface area (TPSA) is 99.0 Å². The van der Waals surface area contributed by atoms with Gasteiger partial charge >= 0.3 is 0 Å². The van der Waals surface area contributed by atoms with Gasteiger partial charge in [0.25, 0.3) is 0 Å². The molecule has 2 atom stereocenters. The Kier molecular flexibility index (Phi) is 6.00. The van der Waals surface area contributed by atoms with E-state index in [0.29, 0.717) is 23.0 Å². The van der Waals surface area contributed by atoms with E-state index in [-0.39, 0.29) is 23.0 Å². The predicted molar refractivity (Wildman–Crippen MR) is 97.2 cm³/mol. The Labute approximate surface area is 155 Å². The van der Waals surface area contributed by atoms with Gasteiger partial charge in [-0.2, -0.15) is 0 Å².